The molecular weight excluding hydrogens is 252 g/mol. The van der Waals surface area contributed by atoms with E-state index in [1.165, 1.54) is 0 Å². The van der Waals surface area contributed by atoms with Crippen molar-refractivity contribution in [1.29, 1.82) is 0 Å². The van der Waals surface area contributed by atoms with E-state index in [4.69, 9.17) is 4.74 Å². The van der Waals surface area contributed by atoms with Crippen molar-refractivity contribution >= 4 is 16.8 Å². The van der Waals surface area contributed by atoms with Crippen LogP contribution < -0.4 is 5.32 Å². The Morgan fingerprint density at radius 3 is 2.80 bits per heavy atom. The number of ether oxygens (including phenoxy) is 1. The van der Waals surface area contributed by atoms with Crippen molar-refractivity contribution in [3.63, 3.8) is 0 Å². The molecule has 106 valence electrons. The third-order valence-corrected chi connectivity index (χ3v) is 3.13. The largest absolute Gasteiger partial charge is 0.383 e. The zero-order valence-corrected chi connectivity index (χ0v) is 12.4. The van der Waals surface area contributed by atoms with Gasteiger partial charge in [0, 0.05) is 24.2 Å². The van der Waals surface area contributed by atoms with Gasteiger partial charge in [-0.3, -0.25) is 9.78 Å². The molecule has 2 aromatic rings. The number of pyridine rings is 1. The molecular formula is C16H20N2O2. The number of nitrogens with one attached hydrogen (secondary N) is 1. The lowest BCUT2D eigenvalue weighted by atomic mass is 10.0. The molecule has 1 aromatic heterocycles. The summed E-state index contributed by atoms with van der Waals surface area (Å²) >= 11 is 0. The fraction of sp³-hybridized carbons (Fsp3) is 0.375. The van der Waals surface area contributed by atoms with Gasteiger partial charge in [0.15, 0.2) is 0 Å². The zero-order valence-electron chi connectivity index (χ0n) is 12.4. The van der Waals surface area contributed by atoms with Crippen LogP contribution in [0.2, 0.25) is 0 Å². The summed E-state index contributed by atoms with van der Waals surface area (Å²) in [6.45, 7) is 6.32. The first-order chi connectivity index (χ1) is 9.51. The number of hydrogen-bond donors (Lipinski definition) is 1. The highest BCUT2D eigenvalue weighted by molar-refractivity contribution is 6.06. The van der Waals surface area contributed by atoms with E-state index in [-0.39, 0.29) is 11.9 Å². The Kier molecular flexibility index (Phi) is 4.35. The van der Waals surface area contributed by atoms with Crippen LogP contribution >= 0.6 is 0 Å². The average Bonchev–Trinajstić information content (AvgIpc) is 2.38. The second-order valence-electron chi connectivity index (χ2n) is 5.16. The minimum atomic E-state index is -0.0874. The van der Waals surface area contributed by atoms with Gasteiger partial charge >= 0.3 is 0 Å². The summed E-state index contributed by atoms with van der Waals surface area (Å²) in [5.74, 6) is -0.0874. The van der Waals surface area contributed by atoms with Gasteiger partial charge in [0.2, 0.25) is 0 Å². The first-order valence-corrected chi connectivity index (χ1v) is 6.69. The second kappa shape index (κ2) is 6.01. The lowest BCUT2D eigenvalue weighted by Gasteiger charge is -2.14. The van der Waals surface area contributed by atoms with Gasteiger partial charge in [0.1, 0.15) is 0 Å². The maximum Gasteiger partial charge on any atom is 0.252 e. The summed E-state index contributed by atoms with van der Waals surface area (Å²) in [7, 11) is 1.62. The van der Waals surface area contributed by atoms with E-state index in [1.54, 1.807) is 7.11 Å². The summed E-state index contributed by atoms with van der Waals surface area (Å²) in [5, 5.41) is 3.83. The lowest BCUT2D eigenvalue weighted by molar-refractivity contribution is 0.0907. The number of carbonyl (C=O) groups excluding carboxylic acids is 1. The smallest absolute Gasteiger partial charge is 0.252 e. The van der Waals surface area contributed by atoms with Gasteiger partial charge in [-0.1, -0.05) is 11.6 Å². The molecule has 1 N–H and O–H groups in total. The van der Waals surface area contributed by atoms with Crippen LogP contribution in [0.15, 0.2) is 24.3 Å². The number of fused-ring (bicyclic) bond motifs is 1. The van der Waals surface area contributed by atoms with Gasteiger partial charge in [-0.15, -0.1) is 0 Å². The van der Waals surface area contributed by atoms with E-state index in [9.17, 15) is 4.79 Å². The highest BCUT2D eigenvalue weighted by Crippen LogP contribution is 2.20. The number of rotatable bonds is 4. The van der Waals surface area contributed by atoms with Gasteiger partial charge in [0.25, 0.3) is 5.91 Å². The minimum absolute atomic E-state index is 0.0270. The number of methoxy groups -OCH3 is 1. The maximum absolute atomic E-state index is 12.4. The monoisotopic (exact) mass is 272 g/mol. The quantitative estimate of drug-likeness (QED) is 0.930. The van der Waals surface area contributed by atoms with Crippen LogP contribution in [0.1, 0.15) is 28.5 Å². The molecule has 1 atom stereocenters. The average molecular weight is 272 g/mol. The molecule has 0 spiro atoms. The molecule has 0 saturated carbocycles. The van der Waals surface area contributed by atoms with E-state index >= 15 is 0 Å². The summed E-state index contributed by atoms with van der Waals surface area (Å²) in [4.78, 5) is 16.9. The molecule has 0 bridgehead atoms. The lowest BCUT2D eigenvalue weighted by Crippen LogP contribution is -2.35. The Bertz CT molecular complexity index is 638. The highest BCUT2D eigenvalue weighted by atomic mass is 16.5. The Balaban J connectivity index is 2.42. The summed E-state index contributed by atoms with van der Waals surface area (Å²) < 4.78 is 5.04. The predicted octanol–water partition coefficient (Wildman–Crippen LogP) is 2.62. The minimum Gasteiger partial charge on any atom is -0.383 e. The van der Waals surface area contributed by atoms with Gasteiger partial charge in [-0.25, -0.2) is 0 Å². The topological polar surface area (TPSA) is 51.2 Å². The molecule has 0 aliphatic carbocycles. The molecule has 4 nitrogen and oxygen atoms in total. The van der Waals surface area contributed by atoms with Crippen LogP contribution in [-0.2, 0) is 4.74 Å². The van der Waals surface area contributed by atoms with Crippen molar-refractivity contribution in [2.24, 2.45) is 0 Å². The third-order valence-electron chi connectivity index (χ3n) is 3.13. The SMILES string of the molecule is COC[C@H](C)NC(=O)c1cc(C)nc2ccc(C)cc12. The Hall–Kier alpha value is -1.94. The van der Waals surface area contributed by atoms with E-state index in [0.717, 1.165) is 22.2 Å². The van der Waals surface area contributed by atoms with Gasteiger partial charge in [-0.05, 0) is 39.0 Å². The maximum atomic E-state index is 12.4. The molecule has 0 unspecified atom stereocenters. The highest BCUT2D eigenvalue weighted by Gasteiger charge is 2.14. The van der Waals surface area contributed by atoms with Gasteiger partial charge in [-0.2, -0.15) is 0 Å². The number of aromatic nitrogens is 1. The summed E-state index contributed by atoms with van der Waals surface area (Å²) in [6, 6.07) is 7.76. The van der Waals surface area contributed by atoms with Crippen molar-refractivity contribution in [3.05, 3.63) is 41.1 Å². The fourth-order valence-electron chi connectivity index (χ4n) is 2.25. The molecule has 1 amide bonds. The molecule has 0 radical (unpaired) electrons. The molecule has 4 heteroatoms. The van der Waals surface area contributed by atoms with Crippen molar-refractivity contribution in [2.45, 2.75) is 26.8 Å². The van der Waals surface area contributed by atoms with Crippen LogP contribution in [-0.4, -0.2) is 30.6 Å². The molecule has 20 heavy (non-hydrogen) atoms. The van der Waals surface area contributed by atoms with E-state index < -0.39 is 0 Å². The molecule has 0 aliphatic heterocycles. The Morgan fingerprint density at radius 2 is 2.10 bits per heavy atom. The van der Waals surface area contributed by atoms with Crippen molar-refractivity contribution in [2.75, 3.05) is 13.7 Å². The Labute approximate surface area is 119 Å². The number of nitrogens with zero attached hydrogens (tertiary/aromatic N) is 1. The normalized spacial score (nSPS) is 12.4. The van der Waals surface area contributed by atoms with Crippen LogP contribution in [0.4, 0.5) is 0 Å². The van der Waals surface area contributed by atoms with E-state index in [2.05, 4.69) is 10.3 Å². The van der Waals surface area contributed by atoms with Crippen molar-refractivity contribution in [1.82, 2.24) is 10.3 Å². The van der Waals surface area contributed by atoms with E-state index in [1.807, 2.05) is 45.0 Å². The Morgan fingerprint density at radius 1 is 1.35 bits per heavy atom. The number of amides is 1. The molecule has 2 rings (SSSR count). The summed E-state index contributed by atoms with van der Waals surface area (Å²) in [5.41, 5.74) is 3.47. The molecule has 1 heterocycles. The molecule has 0 fully saturated rings. The molecule has 0 aliphatic rings. The first-order valence-electron chi connectivity index (χ1n) is 6.69. The van der Waals surface area contributed by atoms with Crippen molar-refractivity contribution in [3.8, 4) is 0 Å². The zero-order chi connectivity index (χ0) is 14.7. The third kappa shape index (κ3) is 3.14. The first kappa shape index (κ1) is 14.5. The molecule has 0 saturated heterocycles. The standard InChI is InChI=1S/C16H20N2O2/c1-10-5-6-15-13(7-10)14(8-11(2)17-15)16(19)18-12(3)9-20-4/h5-8,12H,9H2,1-4H3,(H,18,19)/t12-/m0/s1. The van der Waals surface area contributed by atoms with Crippen LogP contribution in [0.25, 0.3) is 10.9 Å². The van der Waals surface area contributed by atoms with Crippen LogP contribution in [0.5, 0.6) is 0 Å². The van der Waals surface area contributed by atoms with Crippen LogP contribution in [0.3, 0.4) is 0 Å². The molecule has 1 aromatic carbocycles. The number of benzene rings is 1. The van der Waals surface area contributed by atoms with Crippen LogP contribution in [0, 0.1) is 13.8 Å². The fourth-order valence-corrected chi connectivity index (χ4v) is 2.25. The number of aryl methyl sites for hydroxylation is 2. The second-order valence-corrected chi connectivity index (χ2v) is 5.16. The van der Waals surface area contributed by atoms with Crippen molar-refractivity contribution < 1.29 is 9.53 Å². The summed E-state index contributed by atoms with van der Waals surface area (Å²) in [6.07, 6.45) is 0. The van der Waals surface area contributed by atoms with Gasteiger partial charge < -0.3 is 10.1 Å². The van der Waals surface area contributed by atoms with Gasteiger partial charge in [0.05, 0.1) is 17.7 Å². The predicted molar refractivity (Wildman–Crippen MR) is 80.0 cm³/mol. The number of hydrogen-bond acceptors (Lipinski definition) is 3. The number of carbonyl (C=O) groups is 1. The van der Waals surface area contributed by atoms with E-state index in [0.29, 0.717) is 12.2 Å².